The van der Waals surface area contributed by atoms with Gasteiger partial charge in [-0.05, 0) is 56.0 Å². The zero-order chi connectivity index (χ0) is 17.5. The van der Waals surface area contributed by atoms with Gasteiger partial charge in [0.25, 0.3) is 0 Å². The third-order valence-electron chi connectivity index (χ3n) is 4.60. The summed E-state index contributed by atoms with van der Waals surface area (Å²) >= 11 is 5.90. The van der Waals surface area contributed by atoms with Gasteiger partial charge >= 0.3 is 0 Å². The number of nitrogens with zero attached hydrogens (tertiary/aromatic N) is 1. The Bertz CT molecular complexity index is 573. The second-order valence-electron chi connectivity index (χ2n) is 6.58. The number of anilines is 1. The van der Waals surface area contributed by atoms with E-state index in [2.05, 4.69) is 17.6 Å². The van der Waals surface area contributed by atoms with Crippen LogP contribution in [-0.4, -0.2) is 43.4 Å². The van der Waals surface area contributed by atoms with Gasteiger partial charge in [-0.1, -0.05) is 24.6 Å². The lowest BCUT2D eigenvalue weighted by atomic mass is 9.84. The molecule has 132 valence electrons. The van der Waals surface area contributed by atoms with E-state index in [-0.39, 0.29) is 18.4 Å². The first-order chi connectivity index (χ1) is 11.5. The molecule has 1 heterocycles. The summed E-state index contributed by atoms with van der Waals surface area (Å²) in [6.45, 7) is 4.24. The van der Waals surface area contributed by atoms with Crippen LogP contribution in [0.25, 0.3) is 0 Å². The summed E-state index contributed by atoms with van der Waals surface area (Å²) < 4.78 is 0. The zero-order valence-electron chi connectivity index (χ0n) is 14.3. The fraction of sp³-hybridized carbons (Fsp3) is 0.556. The van der Waals surface area contributed by atoms with Crippen molar-refractivity contribution in [1.82, 2.24) is 10.2 Å². The highest BCUT2D eigenvalue weighted by molar-refractivity contribution is 6.30. The minimum absolute atomic E-state index is 0.0160. The summed E-state index contributed by atoms with van der Waals surface area (Å²) in [4.78, 5) is 25.9. The molecule has 1 saturated heterocycles. The van der Waals surface area contributed by atoms with Crippen LogP contribution in [0.3, 0.4) is 0 Å². The number of hydrogen-bond acceptors (Lipinski definition) is 3. The molecule has 2 rings (SSSR count). The predicted molar refractivity (Wildman–Crippen MR) is 97.1 cm³/mol. The van der Waals surface area contributed by atoms with Crippen molar-refractivity contribution in [1.29, 1.82) is 0 Å². The van der Waals surface area contributed by atoms with Crippen LogP contribution in [0.2, 0.25) is 5.02 Å². The topological polar surface area (TPSA) is 61.4 Å². The average Bonchev–Trinajstić information content (AvgIpc) is 2.55. The van der Waals surface area contributed by atoms with Crippen LogP contribution in [0.15, 0.2) is 24.3 Å². The molecule has 1 aliphatic rings. The van der Waals surface area contributed by atoms with Gasteiger partial charge in [0.2, 0.25) is 11.8 Å². The summed E-state index contributed by atoms with van der Waals surface area (Å²) in [5.41, 5.74) is 0.636. The van der Waals surface area contributed by atoms with Crippen LogP contribution < -0.4 is 10.6 Å². The van der Waals surface area contributed by atoms with E-state index < -0.39 is 0 Å². The first-order valence-corrected chi connectivity index (χ1v) is 8.83. The minimum atomic E-state index is -0.220. The third kappa shape index (κ3) is 5.80. The van der Waals surface area contributed by atoms with Crippen molar-refractivity contribution in [3.63, 3.8) is 0 Å². The normalized spacial score (nSPS) is 16.5. The Morgan fingerprint density at radius 1 is 1.38 bits per heavy atom. The van der Waals surface area contributed by atoms with Gasteiger partial charge in [-0.3, -0.25) is 9.59 Å². The third-order valence-corrected chi connectivity index (χ3v) is 4.84. The summed E-state index contributed by atoms with van der Waals surface area (Å²) in [6.07, 6.45) is 2.73. The molecular formula is C18H26ClN3O2. The maximum absolute atomic E-state index is 12.3. The Labute approximate surface area is 148 Å². The molecule has 0 aromatic heterocycles. The predicted octanol–water partition coefficient (Wildman–Crippen LogP) is 2.76. The van der Waals surface area contributed by atoms with Crippen LogP contribution in [-0.2, 0) is 9.59 Å². The smallest absolute Gasteiger partial charge is 0.243 e. The molecule has 5 nitrogen and oxygen atoms in total. The number of carbonyl (C=O) groups is 2. The van der Waals surface area contributed by atoms with Crippen molar-refractivity contribution in [3.8, 4) is 0 Å². The largest absolute Gasteiger partial charge is 0.336 e. The van der Waals surface area contributed by atoms with Gasteiger partial charge in [-0.15, -0.1) is 0 Å². The Kier molecular flexibility index (Phi) is 7.06. The Morgan fingerprint density at radius 2 is 2.08 bits per heavy atom. The Balaban J connectivity index is 1.78. The molecule has 2 N–H and O–H groups in total. The molecule has 0 aliphatic carbocycles. The summed E-state index contributed by atoms with van der Waals surface area (Å²) in [7, 11) is 1.68. The first kappa shape index (κ1) is 18.7. The fourth-order valence-corrected chi connectivity index (χ4v) is 3.27. The van der Waals surface area contributed by atoms with Crippen molar-refractivity contribution in [3.05, 3.63) is 29.3 Å². The number of hydrogen-bond donors (Lipinski definition) is 2. The van der Waals surface area contributed by atoms with Crippen molar-refractivity contribution in [2.75, 3.05) is 32.0 Å². The van der Waals surface area contributed by atoms with Gasteiger partial charge in [0.15, 0.2) is 0 Å². The maximum Gasteiger partial charge on any atom is 0.243 e. The highest BCUT2D eigenvalue weighted by Gasteiger charge is 2.23. The highest BCUT2D eigenvalue weighted by Crippen LogP contribution is 2.24. The van der Waals surface area contributed by atoms with Gasteiger partial charge < -0.3 is 15.5 Å². The van der Waals surface area contributed by atoms with E-state index in [0.717, 1.165) is 25.9 Å². The molecule has 2 amide bonds. The number of piperidine rings is 1. The van der Waals surface area contributed by atoms with E-state index >= 15 is 0 Å². The van der Waals surface area contributed by atoms with E-state index in [1.165, 1.54) is 4.90 Å². The molecule has 1 aromatic carbocycles. The molecule has 1 aromatic rings. The van der Waals surface area contributed by atoms with Gasteiger partial charge in [0, 0.05) is 24.2 Å². The number of likely N-dealkylation sites (N-methyl/N-ethyl adjacent to an activating group) is 1. The molecule has 0 bridgehead atoms. The van der Waals surface area contributed by atoms with E-state index in [1.54, 1.807) is 31.3 Å². The molecule has 1 unspecified atom stereocenters. The Hall–Kier alpha value is -1.59. The van der Waals surface area contributed by atoms with Crippen molar-refractivity contribution in [2.45, 2.75) is 26.2 Å². The quantitative estimate of drug-likeness (QED) is 0.828. The van der Waals surface area contributed by atoms with E-state index in [9.17, 15) is 9.59 Å². The molecule has 1 fully saturated rings. The molecule has 0 saturated carbocycles. The molecular weight excluding hydrogens is 326 g/mol. The number of rotatable bonds is 6. The maximum atomic E-state index is 12.3. The number of nitrogens with one attached hydrogen (secondary N) is 2. The lowest BCUT2D eigenvalue weighted by Crippen LogP contribution is -2.37. The van der Waals surface area contributed by atoms with Crippen molar-refractivity contribution >= 4 is 29.1 Å². The van der Waals surface area contributed by atoms with Gasteiger partial charge in [-0.25, -0.2) is 0 Å². The lowest BCUT2D eigenvalue weighted by Gasteiger charge is -2.29. The minimum Gasteiger partial charge on any atom is -0.336 e. The van der Waals surface area contributed by atoms with Gasteiger partial charge in [-0.2, -0.15) is 0 Å². The molecule has 24 heavy (non-hydrogen) atoms. The van der Waals surface area contributed by atoms with Crippen LogP contribution in [0, 0.1) is 11.8 Å². The molecule has 0 spiro atoms. The molecule has 1 aliphatic heterocycles. The monoisotopic (exact) mass is 351 g/mol. The SMILES string of the molecule is CC(CC(=O)N(C)CC(=O)Nc1cccc(Cl)c1)C1CCNCC1. The number of carbonyl (C=O) groups excluding carboxylic acids is 2. The summed E-state index contributed by atoms with van der Waals surface area (Å²) in [6, 6.07) is 6.97. The van der Waals surface area contributed by atoms with E-state index in [0.29, 0.717) is 29.0 Å². The first-order valence-electron chi connectivity index (χ1n) is 8.46. The number of amides is 2. The van der Waals surface area contributed by atoms with E-state index in [4.69, 9.17) is 11.6 Å². The lowest BCUT2D eigenvalue weighted by molar-refractivity contribution is -0.134. The Morgan fingerprint density at radius 3 is 2.75 bits per heavy atom. The molecule has 0 radical (unpaired) electrons. The van der Waals surface area contributed by atoms with Gasteiger partial charge in [0.05, 0.1) is 6.54 Å². The second kappa shape index (κ2) is 9.04. The van der Waals surface area contributed by atoms with Crippen LogP contribution in [0.5, 0.6) is 0 Å². The fourth-order valence-electron chi connectivity index (χ4n) is 3.08. The summed E-state index contributed by atoms with van der Waals surface area (Å²) in [5, 5.41) is 6.66. The van der Waals surface area contributed by atoms with Crippen LogP contribution in [0.4, 0.5) is 5.69 Å². The molecule has 6 heteroatoms. The van der Waals surface area contributed by atoms with Crippen LogP contribution in [0.1, 0.15) is 26.2 Å². The second-order valence-corrected chi connectivity index (χ2v) is 7.01. The number of halogens is 1. The number of benzene rings is 1. The summed E-state index contributed by atoms with van der Waals surface area (Å²) in [5.74, 6) is 0.729. The van der Waals surface area contributed by atoms with Crippen molar-refractivity contribution in [2.24, 2.45) is 11.8 Å². The zero-order valence-corrected chi connectivity index (χ0v) is 15.1. The standard InChI is InChI=1S/C18H26ClN3O2/c1-13(14-6-8-20-9-7-14)10-18(24)22(2)12-17(23)21-16-5-3-4-15(19)11-16/h3-5,11,13-14,20H,6-10,12H2,1-2H3,(H,21,23). The van der Waals surface area contributed by atoms with E-state index in [1.807, 2.05) is 0 Å². The van der Waals surface area contributed by atoms with Crippen LogP contribution >= 0.6 is 11.6 Å². The average molecular weight is 352 g/mol. The van der Waals surface area contributed by atoms with Crippen molar-refractivity contribution < 1.29 is 9.59 Å². The van der Waals surface area contributed by atoms with Gasteiger partial charge in [0.1, 0.15) is 0 Å². The molecule has 1 atom stereocenters. The highest BCUT2D eigenvalue weighted by atomic mass is 35.5.